The standard InChI is InChI=1S/C27H32N2O4/c1-28(2)12-11-26(30)18-13-19-15-32-16-20(14-18)29(19)27(31)33-17-25-23-9-5-3-7-21(23)22-8-4-6-10-24(22)25/h3-10,18-20,25H,11-17H2,1-2H3. The number of Topliss-reactive ketones (excluding diaryl/α,β-unsaturated/α-hetero) is 1. The maximum Gasteiger partial charge on any atom is 0.410 e. The van der Waals surface area contributed by atoms with E-state index in [9.17, 15) is 9.59 Å². The Balaban J connectivity index is 1.26. The lowest BCUT2D eigenvalue weighted by atomic mass is 9.82. The highest BCUT2D eigenvalue weighted by molar-refractivity contribution is 5.82. The van der Waals surface area contributed by atoms with Gasteiger partial charge in [0.15, 0.2) is 0 Å². The van der Waals surface area contributed by atoms with E-state index in [1.165, 1.54) is 22.3 Å². The largest absolute Gasteiger partial charge is 0.448 e. The van der Waals surface area contributed by atoms with Crippen molar-refractivity contribution < 1.29 is 19.1 Å². The third-order valence-corrected chi connectivity index (χ3v) is 7.33. The zero-order valence-corrected chi connectivity index (χ0v) is 19.4. The van der Waals surface area contributed by atoms with Crippen LogP contribution in [0.15, 0.2) is 48.5 Å². The van der Waals surface area contributed by atoms with Crippen LogP contribution >= 0.6 is 0 Å². The number of piperidine rings is 1. The lowest BCUT2D eigenvalue weighted by molar-refractivity contribution is -0.131. The zero-order chi connectivity index (χ0) is 22.9. The van der Waals surface area contributed by atoms with Gasteiger partial charge in [0, 0.05) is 24.8 Å². The molecule has 174 valence electrons. The summed E-state index contributed by atoms with van der Waals surface area (Å²) in [6.45, 7) is 2.02. The van der Waals surface area contributed by atoms with E-state index in [1.807, 2.05) is 36.0 Å². The summed E-state index contributed by atoms with van der Waals surface area (Å²) in [6.07, 6.45) is 1.59. The van der Waals surface area contributed by atoms with Gasteiger partial charge in [-0.2, -0.15) is 0 Å². The summed E-state index contributed by atoms with van der Waals surface area (Å²) >= 11 is 0. The number of ether oxygens (including phenoxy) is 2. The van der Waals surface area contributed by atoms with Gasteiger partial charge >= 0.3 is 6.09 Å². The summed E-state index contributed by atoms with van der Waals surface area (Å²) in [5.41, 5.74) is 4.85. The molecule has 1 aliphatic carbocycles. The highest BCUT2D eigenvalue weighted by Gasteiger charge is 2.44. The first-order valence-electron chi connectivity index (χ1n) is 11.9. The van der Waals surface area contributed by atoms with E-state index in [2.05, 4.69) is 36.4 Å². The molecule has 0 radical (unpaired) electrons. The number of benzene rings is 2. The van der Waals surface area contributed by atoms with Crippen molar-refractivity contribution in [3.05, 3.63) is 59.7 Å². The number of amides is 1. The third kappa shape index (κ3) is 4.30. The molecule has 6 nitrogen and oxygen atoms in total. The second-order valence-corrected chi connectivity index (χ2v) is 9.74. The zero-order valence-electron chi connectivity index (χ0n) is 19.4. The molecule has 2 aliphatic heterocycles. The van der Waals surface area contributed by atoms with Gasteiger partial charge in [-0.05, 0) is 49.2 Å². The number of rotatable bonds is 6. The number of morpholine rings is 1. The van der Waals surface area contributed by atoms with E-state index in [0.717, 1.165) is 6.54 Å². The molecule has 2 aromatic rings. The fraction of sp³-hybridized carbons (Fsp3) is 0.481. The maximum atomic E-state index is 13.2. The second-order valence-electron chi connectivity index (χ2n) is 9.74. The first-order chi connectivity index (χ1) is 16.0. The number of ketones is 1. The molecule has 2 fully saturated rings. The van der Waals surface area contributed by atoms with Gasteiger partial charge in [0.05, 0.1) is 25.3 Å². The number of nitrogens with zero attached hydrogens (tertiary/aromatic N) is 2. The minimum atomic E-state index is -0.283. The summed E-state index contributed by atoms with van der Waals surface area (Å²) in [4.78, 5) is 29.9. The Hall–Kier alpha value is -2.70. The molecule has 6 heteroatoms. The predicted molar refractivity (Wildman–Crippen MR) is 126 cm³/mol. The van der Waals surface area contributed by atoms with Crippen molar-refractivity contribution in [2.24, 2.45) is 5.92 Å². The molecular formula is C27H32N2O4. The van der Waals surface area contributed by atoms with Crippen LogP contribution in [0.2, 0.25) is 0 Å². The molecule has 2 heterocycles. The van der Waals surface area contributed by atoms with Crippen LogP contribution in [0.25, 0.3) is 11.1 Å². The molecular weight excluding hydrogens is 416 g/mol. The molecule has 0 saturated carbocycles. The van der Waals surface area contributed by atoms with Crippen LogP contribution in [0.5, 0.6) is 0 Å². The van der Waals surface area contributed by atoms with Crippen molar-refractivity contribution in [3.8, 4) is 11.1 Å². The number of hydrogen-bond acceptors (Lipinski definition) is 5. The Labute approximate surface area is 195 Å². The number of hydrogen-bond donors (Lipinski definition) is 0. The van der Waals surface area contributed by atoms with E-state index >= 15 is 0 Å². The van der Waals surface area contributed by atoms with Crippen LogP contribution in [-0.4, -0.2) is 74.2 Å². The van der Waals surface area contributed by atoms with Gasteiger partial charge in [-0.15, -0.1) is 0 Å². The van der Waals surface area contributed by atoms with Crippen molar-refractivity contribution in [3.63, 3.8) is 0 Å². The monoisotopic (exact) mass is 448 g/mol. The van der Waals surface area contributed by atoms with Crippen LogP contribution in [0.1, 0.15) is 36.3 Å². The summed E-state index contributed by atoms with van der Waals surface area (Å²) in [7, 11) is 3.96. The fourth-order valence-electron chi connectivity index (χ4n) is 5.68. The lowest BCUT2D eigenvalue weighted by Crippen LogP contribution is -2.60. The lowest BCUT2D eigenvalue weighted by Gasteiger charge is -2.47. The van der Waals surface area contributed by atoms with Crippen LogP contribution in [0.4, 0.5) is 4.79 Å². The first-order valence-corrected chi connectivity index (χ1v) is 11.9. The topological polar surface area (TPSA) is 59.1 Å². The molecule has 2 saturated heterocycles. The van der Waals surface area contributed by atoms with Crippen LogP contribution < -0.4 is 0 Å². The molecule has 5 rings (SSSR count). The van der Waals surface area contributed by atoms with Crippen molar-refractivity contribution in [1.82, 2.24) is 9.80 Å². The van der Waals surface area contributed by atoms with Gasteiger partial charge in [0.1, 0.15) is 12.4 Å². The summed E-state index contributed by atoms with van der Waals surface area (Å²) < 4.78 is 11.7. The van der Waals surface area contributed by atoms with Gasteiger partial charge in [-0.3, -0.25) is 9.69 Å². The van der Waals surface area contributed by atoms with E-state index in [0.29, 0.717) is 44.9 Å². The van der Waals surface area contributed by atoms with Gasteiger partial charge < -0.3 is 14.4 Å². The fourth-order valence-corrected chi connectivity index (χ4v) is 5.68. The van der Waals surface area contributed by atoms with Crippen molar-refractivity contribution in [1.29, 1.82) is 0 Å². The SMILES string of the molecule is CN(C)CCC(=O)C1CC2COCC(C1)N2C(=O)OCC1c2ccccc2-c2ccccc21. The van der Waals surface area contributed by atoms with Crippen LogP contribution in [0, 0.1) is 5.92 Å². The minimum absolute atomic E-state index is 0.00138. The number of carbonyl (C=O) groups excluding carboxylic acids is 2. The van der Waals surface area contributed by atoms with Gasteiger partial charge in [0.2, 0.25) is 0 Å². The molecule has 1 amide bonds. The van der Waals surface area contributed by atoms with Crippen molar-refractivity contribution in [2.75, 3.05) is 40.5 Å². The molecule has 2 aromatic carbocycles. The summed E-state index contributed by atoms with van der Waals surface area (Å²) in [5.74, 6) is 0.344. The first kappa shape index (κ1) is 22.1. The van der Waals surface area contributed by atoms with Crippen LogP contribution in [0.3, 0.4) is 0 Å². The highest BCUT2D eigenvalue weighted by Crippen LogP contribution is 2.44. The highest BCUT2D eigenvalue weighted by atomic mass is 16.6. The van der Waals surface area contributed by atoms with Gasteiger partial charge in [-0.1, -0.05) is 48.5 Å². The van der Waals surface area contributed by atoms with Crippen molar-refractivity contribution in [2.45, 2.75) is 37.3 Å². The molecule has 33 heavy (non-hydrogen) atoms. The third-order valence-electron chi connectivity index (χ3n) is 7.33. The van der Waals surface area contributed by atoms with Crippen LogP contribution in [-0.2, 0) is 14.3 Å². The normalized spacial score (nSPS) is 23.8. The van der Waals surface area contributed by atoms with Gasteiger partial charge in [-0.25, -0.2) is 4.79 Å². The Morgan fingerprint density at radius 2 is 1.55 bits per heavy atom. The Kier molecular flexibility index (Phi) is 6.21. The Morgan fingerprint density at radius 1 is 0.970 bits per heavy atom. The average Bonchev–Trinajstić information content (AvgIpc) is 3.14. The molecule has 2 unspecified atom stereocenters. The average molecular weight is 449 g/mol. The predicted octanol–water partition coefficient (Wildman–Crippen LogP) is 3.94. The molecule has 2 bridgehead atoms. The quantitative estimate of drug-likeness (QED) is 0.670. The molecule has 3 aliphatic rings. The van der Waals surface area contributed by atoms with Gasteiger partial charge in [0.25, 0.3) is 0 Å². The summed E-state index contributed by atoms with van der Waals surface area (Å²) in [6, 6.07) is 16.5. The molecule has 0 aromatic heterocycles. The minimum Gasteiger partial charge on any atom is -0.448 e. The van der Waals surface area contributed by atoms with Crippen molar-refractivity contribution >= 4 is 11.9 Å². The van der Waals surface area contributed by atoms with E-state index in [-0.39, 0.29) is 30.0 Å². The van der Waals surface area contributed by atoms with E-state index in [4.69, 9.17) is 9.47 Å². The number of carbonyl (C=O) groups is 2. The van der Waals surface area contributed by atoms with E-state index < -0.39 is 0 Å². The van der Waals surface area contributed by atoms with E-state index in [1.54, 1.807) is 0 Å². The summed E-state index contributed by atoms with van der Waals surface area (Å²) in [5, 5.41) is 0. The Morgan fingerprint density at radius 3 is 2.12 bits per heavy atom. The number of fused-ring (bicyclic) bond motifs is 5. The molecule has 0 N–H and O–H groups in total. The molecule has 0 spiro atoms. The smallest absolute Gasteiger partial charge is 0.410 e. The maximum absolute atomic E-state index is 13.2. The Bertz CT molecular complexity index is 977. The second kappa shape index (κ2) is 9.27. The molecule has 2 atom stereocenters.